The van der Waals surface area contributed by atoms with Gasteiger partial charge in [0.1, 0.15) is 27.8 Å². The van der Waals surface area contributed by atoms with Gasteiger partial charge in [-0.3, -0.25) is 0 Å². The van der Waals surface area contributed by atoms with E-state index in [0.717, 1.165) is 25.0 Å². The zero-order chi connectivity index (χ0) is 18.8. The molecule has 7 nitrogen and oxygen atoms in total. The molecule has 0 aliphatic carbocycles. The predicted octanol–water partition coefficient (Wildman–Crippen LogP) is 2.48. The topological polar surface area (TPSA) is 95.7 Å². The molecular formula is C18H25N3O4S. The van der Waals surface area contributed by atoms with Gasteiger partial charge in [-0.1, -0.05) is 6.42 Å². The van der Waals surface area contributed by atoms with Crippen LogP contribution in [0.15, 0.2) is 39.8 Å². The van der Waals surface area contributed by atoms with E-state index in [9.17, 15) is 13.5 Å². The third-order valence-electron chi connectivity index (χ3n) is 4.57. The van der Waals surface area contributed by atoms with Crippen molar-refractivity contribution in [3.05, 3.63) is 42.0 Å². The zero-order valence-corrected chi connectivity index (χ0v) is 15.9. The monoisotopic (exact) mass is 379 g/mol. The highest BCUT2D eigenvalue weighted by atomic mass is 32.2. The van der Waals surface area contributed by atoms with Crippen LogP contribution in [0.2, 0.25) is 0 Å². The fraction of sp³-hybridized carbons (Fsp3) is 0.500. The number of hydrogen-bond acceptors (Lipinski definition) is 6. The summed E-state index contributed by atoms with van der Waals surface area (Å²) in [5, 5.41) is 13.5. The van der Waals surface area contributed by atoms with Crippen LogP contribution in [-0.4, -0.2) is 42.4 Å². The Morgan fingerprint density at radius 2 is 1.96 bits per heavy atom. The lowest BCUT2D eigenvalue weighted by Gasteiger charge is -2.25. The molecule has 2 aromatic heterocycles. The summed E-state index contributed by atoms with van der Waals surface area (Å²) in [6.07, 6.45) is 4.22. The predicted molar refractivity (Wildman–Crippen MR) is 98.4 cm³/mol. The highest BCUT2D eigenvalue weighted by molar-refractivity contribution is 7.89. The second-order valence-electron chi connectivity index (χ2n) is 6.88. The van der Waals surface area contributed by atoms with E-state index in [1.807, 2.05) is 6.92 Å². The van der Waals surface area contributed by atoms with Crippen LogP contribution in [-0.2, 0) is 15.6 Å². The summed E-state index contributed by atoms with van der Waals surface area (Å²) >= 11 is 0. The second kappa shape index (κ2) is 7.38. The van der Waals surface area contributed by atoms with Gasteiger partial charge in [-0.2, -0.15) is 4.31 Å². The lowest BCUT2D eigenvalue weighted by atomic mass is 10.0. The SMILES string of the molecule is Cc1ccc(C(C)(O)CNc2ccc(S(=O)(=O)N3CCCCC3)cn2)o1. The van der Waals surface area contributed by atoms with Crippen molar-refractivity contribution in [3.8, 4) is 0 Å². The van der Waals surface area contributed by atoms with Gasteiger partial charge in [0.25, 0.3) is 0 Å². The fourth-order valence-corrected chi connectivity index (χ4v) is 4.43. The molecule has 1 aliphatic rings. The van der Waals surface area contributed by atoms with Crippen LogP contribution in [0.1, 0.15) is 37.7 Å². The van der Waals surface area contributed by atoms with E-state index in [-0.39, 0.29) is 11.4 Å². The van der Waals surface area contributed by atoms with Crippen LogP contribution < -0.4 is 5.32 Å². The fourth-order valence-electron chi connectivity index (χ4n) is 2.97. The molecule has 0 bridgehead atoms. The lowest BCUT2D eigenvalue weighted by Crippen LogP contribution is -2.35. The Kier molecular flexibility index (Phi) is 5.36. The third-order valence-corrected chi connectivity index (χ3v) is 6.46. The van der Waals surface area contributed by atoms with E-state index < -0.39 is 15.6 Å². The molecule has 3 rings (SSSR count). The Morgan fingerprint density at radius 1 is 1.23 bits per heavy atom. The molecule has 1 aliphatic heterocycles. The molecule has 0 saturated carbocycles. The number of rotatable bonds is 6. The van der Waals surface area contributed by atoms with Gasteiger partial charge in [0.2, 0.25) is 10.0 Å². The molecule has 8 heteroatoms. The Hall–Kier alpha value is -1.90. The number of aromatic nitrogens is 1. The third kappa shape index (κ3) is 4.08. The first-order valence-corrected chi connectivity index (χ1v) is 10.2. The molecule has 0 amide bonds. The molecule has 1 fully saturated rings. The normalized spacial score (nSPS) is 18.4. The smallest absolute Gasteiger partial charge is 0.244 e. The van der Waals surface area contributed by atoms with Crippen LogP contribution in [0, 0.1) is 6.92 Å². The molecule has 0 aromatic carbocycles. The molecule has 1 saturated heterocycles. The molecule has 26 heavy (non-hydrogen) atoms. The van der Waals surface area contributed by atoms with E-state index >= 15 is 0 Å². The standard InChI is InChI=1S/C18H25N3O4S/c1-14-6-8-16(25-14)18(2,22)13-20-17-9-7-15(12-19-17)26(23,24)21-10-4-3-5-11-21/h6-9,12,22H,3-5,10-11,13H2,1-2H3,(H,19,20). The number of nitrogens with zero attached hydrogens (tertiary/aromatic N) is 2. The number of aliphatic hydroxyl groups is 1. The van der Waals surface area contributed by atoms with Crippen LogP contribution in [0.5, 0.6) is 0 Å². The first kappa shape index (κ1) is 18.9. The van der Waals surface area contributed by atoms with Crippen molar-refractivity contribution in [1.82, 2.24) is 9.29 Å². The highest BCUT2D eigenvalue weighted by Gasteiger charge is 2.28. The van der Waals surface area contributed by atoms with E-state index in [4.69, 9.17) is 4.42 Å². The number of hydrogen-bond donors (Lipinski definition) is 2. The molecule has 142 valence electrons. The molecule has 2 N–H and O–H groups in total. The number of sulfonamides is 1. The van der Waals surface area contributed by atoms with Crippen LogP contribution >= 0.6 is 0 Å². The number of anilines is 1. The molecule has 3 heterocycles. The summed E-state index contributed by atoms with van der Waals surface area (Å²) in [5.41, 5.74) is -1.20. The summed E-state index contributed by atoms with van der Waals surface area (Å²) in [5.74, 6) is 1.68. The minimum atomic E-state index is -3.48. The molecule has 1 unspecified atom stereocenters. The summed E-state index contributed by atoms with van der Waals surface area (Å²) < 4.78 is 32.2. The van der Waals surface area contributed by atoms with Gasteiger partial charge in [0, 0.05) is 19.3 Å². The van der Waals surface area contributed by atoms with Crippen LogP contribution in [0.25, 0.3) is 0 Å². The second-order valence-corrected chi connectivity index (χ2v) is 8.82. The van der Waals surface area contributed by atoms with Crippen molar-refractivity contribution >= 4 is 15.8 Å². The summed E-state index contributed by atoms with van der Waals surface area (Å²) in [6.45, 7) is 4.77. The van der Waals surface area contributed by atoms with Gasteiger partial charge in [-0.05, 0) is 51.0 Å². The molecule has 0 radical (unpaired) electrons. The Balaban J connectivity index is 1.66. The Morgan fingerprint density at radius 3 is 2.54 bits per heavy atom. The highest BCUT2D eigenvalue weighted by Crippen LogP contribution is 2.24. The van der Waals surface area contributed by atoms with Crippen LogP contribution in [0.3, 0.4) is 0 Å². The maximum atomic E-state index is 12.6. The van der Waals surface area contributed by atoms with E-state index in [1.54, 1.807) is 31.2 Å². The first-order valence-electron chi connectivity index (χ1n) is 8.78. The Bertz CT molecular complexity index is 838. The number of piperidine rings is 1. The average molecular weight is 379 g/mol. The maximum absolute atomic E-state index is 12.6. The van der Waals surface area contributed by atoms with Crippen molar-refractivity contribution in [1.29, 1.82) is 0 Å². The van der Waals surface area contributed by atoms with Crippen molar-refractivity contribution in [2.45, 2.75) is 43.6 Å². The molecule has 0 spiro atoms. The number of pyridine rings is 1. The lowest BCUT2D eigenvalue weighted by molar-refractivity contribution is 0.0467. The summed E-state index contributed by atoms with van der Waals surface area (Å²) in [7, 11) is -3.48. The molecule has 1 atom stereocenters. The minimum Gasteiger partial charge on any atom is -0.463 e. The van der Waals surface area contributed by atoms with Crippen molar-refractivity contribution in [2.24, 2.45) is 0 Å². The maximum Gasteiger partial charge on any atom is 0.244 e. The number of furan rings is 1. The minimum absolute atomic E-state index is 0.186. The Labute approximate surface area is 154 Å². The average Bonchev–Trinajstić information content (AvgIpc) is 3.09. The number of nitrogens with one attached hydrogen (secondary N) is 1. The van der Waals surface area contributed by atoms with Gasteiger partial charge in [0.15, 0.2) is 0 Å². The van der Waals surface area contributed by atoms with Crippen molar-refractivity contribution in [2.75, 3.05) is 25.0 Å². The summed E-state index contributed by atoms with van der Waals surface area (Å²) in [6, 6.07) is 6.69. The van der Waals surface area contributed by atoms with E-state index in [1.165, 1.54) is 10.5 Å². The summed E-state index contributed by atoms with van der Waals surface area (Å²) in [4.78, 5) is 4.38. The van der Waals surface area contributed by atoms with E-state index in [0.29, 0.717) is 24.7 Å². The van der Waals surface area contributed by atoms with Gasteiger partial charge in [-0.15, -0.1) is 0 Å². The quantitative estimate of drug-likeness (QED) is 0.800. The van der Waals surface area contributed by atoms with Crippen molar-refractivity contribution in [3.63, 3.8) is 0 Å². The van der Waals surface area contributed by atoms with Gasteiger partial charge in [0.05, 0.1) is 6.54 Å². The van der Waals surface area contributed by atoms with E-state index in [2.05, 4.69) is 10.3 Å². The zero-order valence-electron chi connectivity index (χ0n) is 15.1. The van der Waals surface area contributed by atoms with Gasteiger partial charge < -0.3 is 14.8 Å². The van der Waals surface area contributed by atoms with Gasteiger partial charge in [-0.25, -0.2) is 13.4 Å². The first-order chi connectivity index (χ1) is 12.3. The van der Waals surface area contributed by atoms with Crippen molar-refractivity contribution < 1.29 is 17.9 Å². The molecule has 2 aromatic rings. The molecular weight excluding hydrogens is 354 g/mol. The van der Waals surface area contributed by atoms with Gasteiger partial charge >= 0.3 is 0 Å². The number of aryl methyl sites for hydroxylation is 1. The largest absolute Gasteiger partial charge is 0.463 e. The van der Waals surface area contributed by atoms with Crippen LogP contribution in [0.4, 0.5) is 5.82 Å².